The molecule has 0 saturated heterocycles. The molecule has 0 N–H and O–H groups in total. The van der Waals surface area contributed by atoms with Crippen molar-refractivity contribution in [2.45, 2.75) is 6.43 Å². The summed E-state index contributed by atoms with van der Waals surface area (Å²) in [6, 6.07) is 14.6. The van der Waals surface area contributed by atoms with Crippen LogP contribution >= 0.6 is 11.6 Å². The van der Waals surface area contributed by atoms with E-state index in [9.17, 15) is 13.6 Å². The van der Waals surface area contributed by atoms with Crippen LogP contribution in [0.3, 0.4) is 0 Å². The number of halogens is 3. The first-order valence-corrected chi connectivity index (χ1v) is 8.31. The maximum Gasteiger partial charge on any atom is 0.282 e. The van der Waals surface area contributed by atoms with Crippen LogP contribution in [0.2, 0.25) is 5.02 Å². The zero-order valence-electron chi connectivity index (χ0n) is 13.7. The lowest BCUT2D eigenvalue weighted by molar-refractivity contribution is 0.146. The van der Waals surface area contributed by atoms with Crippen LogP contribution < -0.4 is 5.56 Å². The molecule has 0 aliphatic carbocycles. The van der Waals surface area contributed by atoms with Crippen molar-refractivity contribution < 1.29 is 8.78 Å². The molecule has 0 saturated carbocycles. The summed E-state index contributed by atoms with van der Waals surface area (Å²) in [7, 11) is 0. The molecule has 0 atom stereocenters. The van der Waals surface area contributed by atoms with Gasteiger partial charge in [0.1, 0.15) is 5.69 Å². The molecule has 8 heteroatoms. The molecular formula is C19H11ClF2N4O. The van der Waals surface area contributed by atoms with Gasteiger partial charge in [0.05, 0.1) is 17.3 Å². The Kier molecular flexibility index (Phi) is 4.37. The fourth-order valence-electron chi connectivity index (χ4n) is 2.66. The minimum Gasteiger partial charge on any atom is -0.267 e. The van der Waals surface area contributed by atoms with E-state index in [4.69, 9.17) is 11.6 Å². The summed E-state index contributed by atoms with van der Waals surface area (Å²) in [4.78, 5) is 20.8. The zero-order valence-corrected chi connectivity index (χ0v) is 14.4. The molecule has 4 aromatic rings. The van der Waals surface area contributed by atoms with Gasteiger partial charge in [-0.1, -0.05) is 41.9 Å². The molecule has 0 amide bonds. The third kappa shape index (κ3) is 3.29. The van der Waals surface area contributed by atoms with Crippen LogP contribution in [-0.2, 0) is 0 Å². The summed E-state index contributed by atoms with van der Waals surface area (Å²) in [5, 5.41) is 5.58. The van der Waals surface area contributed by atoms with Gasteiger partial charge in [0, 0.05) is 16.0 Å². The normalized spacial score (nSPS) is 11.3. The molecule has 0 fully saturated rings. The summed E-state index contributed by atoms with van der Waals surface area (Å²) < 4.78 is 27.6. The second-order valence-corrected chi connectivity index (χ2v) is 6.17. The molecule has 2 heterocycles. The van der Waals surface area contributed by atoms with Crippen molar-refractivity contribution in [3.8, 4) is 17.2 Å². The molecule has 0 spiro atoms. The first kappa shape index (κ1) is 17.2. The number of nitrogens with zero attached hydrogens (tertiary/aromatic N) is 4. The Labute approximate surface area is 156 Å². The maximum absolute atomic E-state index is 13.4. The Morgan fingerprint density at radius 3 is 2.48 bits per heavy atom. The molecule has 0 radical (unpaired) electrons. The van der Waals surface area contributed by atoms with Crippen molar-refractivity contribution in [1.82, 2.24) is 19.7 Å². The van der Waals surface area contributed by atoms with Crippen molar-refractivity contribution in [3.05, 3.63) is 81.9 Å². The fourth-order valence-corrected chi connectivity index (χ4v) is 2.79. The Hall–Kier alpha value is -3.19. The monoisotopic (exact) mass is 384 g/mol. The predicted molar refractivity (Wildman–Crippen MR) is 98.3 cm³/mol. The average molecular weight is 385 g/mol. The van der Waals surface area contributed by atoms with Crippen molar-refractivity contribution in [3.63, 3.8) is 0 Å². The summed E-state index contributed by atoms with van der Waals surface area (Å²) in [5.41, 5.74) is -0.166. The van der Waals surface area contributed by atoms with Gasteiger partial charge in [0.15, 0.2) is 0 Å². The van der Waals surface area contributed by atoms with Gasteiger partial charge in [-0.2, -0.15) is 9.78 Å². The largest absolute Gasteiger partial charge is 0.282 e. The van der Waals surface area contributed by atoms with E-state index in [-0.39, 0.29) is 11.6 Å². The quantitative estimate of drug-likeness (QED) is 0.524. The maximum atomic E-state index is 13.4. The van der Waals surface area contributed by atoms with Crippen molar-refractivity contribution in [2.24, 2.45) is 0 Å². The summed E-state index contributed by atoms with van der Waals surface area (Å²) in [5.74, 6) is -0.214. The average Bonchev–Trinajstić information content (AvgIpc) is 2.68. The first-order chi connectivity index (χ1) is 13.0. The van der Waals surface area contributed by atoms with E-state index < -0.39 is 17.7 Å². The minimum atomic E-state index is -2.83. The van der Waals surface area contributed by atoms with E-state index in [1.54, 1.807) is 48.5 Å². The van der Waals surface area contributed by atoms with E-state index in [0.717, 1.165) is 4.68 Å². The smallest absolute Gasteiger partial charge is 0.267 e. The SMILES string of the molecule is O=c1c2ccccc2cnn1-c1nc(-c2ccc(Cl)cc2)cc(C(F)F)n1. The molecule has 5 nitrogen and oxygen atoms in total. The van der Waals surface area contributed by atoms with Gasteiger partial charge in [-0.3, -0.25) is 4.79 Å². The molecule has 2 aromatic carbocycles. The third-order valence-corrected chi connectivity index (χ3v) is 4.23. The van der Waals surface area contributed by atoms with Gasteiger partial charge in [-0.25, -0.2) is 18.7 Å². The van der Waals surface area contributed by atoms with Gasteiger partial charge < -0.3 is 0 Å². The fraction of sp³-hybridized carbons (Fsp3) is 0.0526. The van der Waals surface area contributed by atoms with Crippen LogP contribution in [0.15, 0.2) is 65.6 Å². The predicted octanol–water partition coefficient (Wildman–Crippen LogP) is 4.43. The molecule has 0 bridgehead atoms. The van der Waals surface area contributed by atoms with Crippen LogP contribution in [-0.4, -0.2) is 19.7 Å². The second-order valence-electron chi connectivity index (χ2n) is 5.73. The summed E-state index contributed by atoms with van der Waals surface area (Å²) >= 11 is 5.88. The molecular weight excluding hydrogens is 374 g/mol. The number of aromatic nitrogens is 4. The second kappa shape index (κ2) is 6.85. The van der Waals surface area contributed by atoms with Gasteiger partial charge in [-0.15, -0.1) is 0 Å². The lowest BCUT2D eigenvalue weighted by Gasteiger charge is -2.09. The van der Waals surface area contributed by atoms with Gasteiger partial charge in [-0.05, 0) is 24.3 Å². The Morgan fingerprint density at radius 2 is 1.74 bits per heavy atom. The molecule has 0 unspecified atom stereocenters. The number of benzene rings is 2. The van der Waals surface area contributed by atoms with Gasteiger partial charge in [0.25, 0.3) is 17.9 Å². The molecule has 4 rings (SSSR count). The van der Waals surface area contributed by atoms with Crippen LogP contribution in [0.5, 0.6) is 0 Å². The summed E-state index contributed by atoms with van der Waals surface area (Å²) in [6.07, 6.45) is -1.36. The standard InChI is InChI=1S/C19H11ClF2N4O/c20-13-7-5-11(6-8-13)15-9-16(17(21)22)25-19(24-15)26-18(27)14-4-2-1-3-12(14)10-23-26/h1-10,17H. The summed E-state index contributed by atoms with van der Waals surface area (Å²) in [6.45, 7) is 0. The lowest BCUT2D eigenvalue weighted by atomic mass is 10.1. The number of fused-ring (bicyclic) bond motifs is 1. The van der Waals surface area contributed by atoms with Crippen LogP contribution in [0, 0.1) is 0 Å². The molecule has 134 valence electrons. The topological polar surface area (TPSA) is 60.7 Å². The van der Waals surface area contributed by atoms with Crippen LogP contribution in [0.4, 0.5) is 8.78 Å². The first-order valence-electron chi connectivity index (χ1n) is 7.93. The van der Waals surface area contributed by atoms with E-state index in [1.165, 1.54) is 12.3 Å². The minimum absolute atomic E-state index is 0.214. The molecule has 2 aromatic heterocycles. The van der Waals surface area contributed by atoms with E-state index in [1.807, 2.05) is 0 Å². The Morgan fingerprint density at radius 1 is 1.00 bits per heavy atom. The van der Waals surface area contributed by atoms with E-state index in [2.05, 4.69) is 15.1 Å². The van der Waals surface area contributed by atoms with E-state index >= 15 is 0 Å². The Balaban J connectivity index is 1.94. The highest BCUT2D eigenvalue weighted by Crippen LogP contribution is 2.25. The highest BCUT2D eigenvalue weighted by atomic mass is 35.5. The Bertz CT molecular complexity index is 1190. The molecule has 27 heavy (non-hydrogen) atoms. The van der Waals surface area contributed by atoms with Crippen molar-refractivity contribution >= 4 is 22.4 Å². The zero-order chi connectivity index (χ0) is 19.0. The van der Waals surface area contributed by atoms with Crippen molar-refractivity contribution in [2.75, 3.05) is 0 Å². The number of alkyl halides is 2. The van der Waals surface area contributed by atoms with E-state index in [0.29, 0.717) is 21.4 Å². The van der Waals surface area contributed by atoms with Crippen LogP contribution in [0.1, 0.15) is 12.1 Å². The molecule has 0 aliphatic heterocycles. The number of rotatable bonds is 3. The van der Waals surface area contributed by atoms with Gasteiger partial charge >= 0.3 is 0 Å². The van der Waals surface area contributed by atoms with Gasteiger partial charge in [0.2, 0.25) is 0 Å². The highest BCUT2D eigenvalue weighted by molar-refractivity contribution is 6.30. The number of hydrogen-bond acceptors (Lipinski definition) is 4. The molecule has 0 aliphatic rings. The lowest BCUT2D eigenvalue weighted by Crippen LogP contribution is -2.23. The number of hydrogen-bond donors (Lipinski definition) is 0. The van der Waals surface area contributed by atoms with Crippen LogP contribution in [0.25, 0.3) is 28.0 Å². The third-order valence-electron chi connectivity index (χ3n) is 3.98. The van der Waals surface area contributed by atoms with Crippen molar-refractivity contribution in [1.29, 1.82) is 0 Å². The highest BCUT2D eigenvalue weighted by Gasteiger charge is 2.17.